The van der Waals surface area contributed by atoms with E-state index in [-0.39, 0.29) is 12.5 Å². The molecule has 0 bridgehead atoms. The van der Waals surface area contributed by atoms with Crippen LogP contribution in [0.15, 0.2) is 73.8 Å². The lowest BCUT2D eigenvalue weighted by atomic mass is 9.87. The van der Waals surface area contributed by atoms with E-state index in [4.69, 9.17) is 9.47 Å². The number of benzene rings is 2. The number of hydrogen-bond donors (Lipinski definition) is 1. The van der Waals surface area contributed by atoms with Gasteiger partial charge in [0.15, 0.2) is 6.10 Å². The summed E-state index contributed by atoms with van der Waals surface area (Å²) in [5.41, 5.74) is 2.47. The van der Waals surface area contributed by atoms with Gasteiger partial charge in [-0.3, -0.25) is 4.79 Å². The van der Waals surface area contributed by atoms with E-state index in [0.29, 0.717) is 17.9 Å². The molecule has 28 heavy (non-hydrogen) atoms. The Kier molecular flexibility index (Phi) is 6.29. The van der Waals surface area contributed by atoms with Gasteiger partial charge in [-0.1, -0.05) is 43.0 Å². The maximum absolute atomic E-state index is 12.7. The highest BCUT2D eigenvalue weighted by molar-refractivity contribution is 6.05. The van der Waals surface area contributed by atoms with Crippen LogP contribution in [0.3, 0.4) is 0 Å². The zero-order valence-electron chi connectivity index (χ0n) is 16.0. The van der Waals surface area contributed by atoms with Crippen molar-refractivity contribution in [3.05, 3.63) is 79.4 Å². The second-order valence-corrected chi connectivity index (χ2v) is 6.68. The van der Waals surface area contributed by atoms with E-state index in [9.17, 15) is 9.90 Å². The highest BCUT2D eigenvalue weighted by Gasteiger charge is 2.52. The molecule has 1 amide bonds. The van der Waals surface area contributed by atoms with Crippen LogP contribution in [0.5, 0.6) is 5.75 Å². The number of nitrogens with zero attached hydrogens (tertiary/aromatic N) is 1. The van der Waals surface area contributed by atoms with Crippen LogP contribution < -0.4 is 9.64 Å². The number of carbonyl (C=O) groups is 1. The monoisotopic (exact) mass is 379 g/mol. The molecule has 1 fully saturated rings. The molecule has 3 rings (SSSR count). The van der Waals surface area contributed by atoms with E-state index in [0.717, 1.165) is 11.1 Å². The lowest BCUT2D eigenvalue weighted by molar-refractivity contribution is -0.145. The topological polar surface area (TPSA) is 59.0 Å². The van der Waals surface area contributed by atoms with E-state index >= 15 is 0 Å². The number of aliphatic hydroxyl groups is 1. The molecular formula is C23H25NO4. The van der Waals surface area contributed by atoms with E-state index in [1.165, 1.54) is 0 Å². The number of carbonyl (C=O) groups excluding carboxylic acids is 1. The van der Waals surface area contributed by atoms with Crippen LogP contribution in [0, 0.1) is 0 Å². The molecule has 3 atom stereocenters. The van der Waals surface area contributed by atoms with Gasteiger partial charge in [0.25, 0.3) is 5.91 Å². The van der Waals surface area contributed by atoms with Gasteiger partial charge in [-0.25, -0.2) is 0 Å². The van der Waals surface area contributed by atoms with E-state index in [1.54, 1.807) is 42.4 Å². The summed E-state index contributed by atoms with van der Waals surface area (Å²) in [4.78, 5) is 14.3. The maximum Gasteiger partial charge on any atom is 0.258 e. The van der Waals surface area contributed by atoms with Gasteiger partial charge < -0.3 is 19.5 Å². The predicted molar refractivity (Wildman–Crippen MR) is 110 cm³/mol. The fraction of sp³-hybridized carbons (Fsp3) is 0.261. The standard InChI is InChI=1S/C23H25NO4/c1-4-14-28-22-21(20(25)15-16(2)17-8-6-5-7-9-17)24(23(22)26)18-10-12-19(27-3)13-11-18/h4-13,20-22,25H,1-2,14-15H2,3H3/t20-,21+,22-/m1/s1. The van der Waals surface area contributed by atoms with Gasteiger partial charge in [0.05, 0.1) is 25.9 Å². The van der Waals surface area contributed by atoms with Crippen molar-refractivity contribution in [2.24, 2.45) is 0 Å². The Labute approximate surface area is 165 Å². The Morgan fingerprint density at radius 3 is 2.50 bits per heavy atom. The Bertz CT molecular complexity index is 831. The van der Waals surface area contributed by atoms with Crippen LogP contribution in [-0.2, 0) is 9.53 Å². The molecular weight excluding hydrogens is 354 g/mol. The number of aliphatic hydroxyl groups excluding tert-OH is 1. The van der Waals surface area contributed by atoms with Gasteiger partial charge in [0.2, 0.25) is 0 Å². The molecule has 1 aliphatic heterocycles. The second-order valence-electron chi connectivity index (χ2n) is 6.68. The number of β-lactam (4-membered cyclic amide) rings is 1. The predicted octanol–water partition coefficient (Wildman–Crippen LogP) is 3.45. The smallest absolute Gasteiger partial charge is 0.258 e. The minimum atomic E-state index is -0.817. The van der Waals surface area contributed by atoms with Crippen molar-refractivity contribution in [3.63, 3.8) is 0 Å². The van der Waals surface area contributed by atoms with Gasteiger partial charge in [-0.05, 0) is 35.4 Å². The highest BCUT2D eigenvalue weighted by atomic mass is 16.5. The first kappa shape index (κ1) is 19.9. The third-order valence-corrected chi connectivity index (χ3v) is 4.87. The Morgan fingerprint density at radius 1 is 1.21 bits per heavy atom. The van der Waals surface area contributed by atoms with Crippen molar-refractivity contribution >= 4 is 17.2 Å². The molecule has 0 spiro atoms. The average molecular weight is 379 g/mol. The molecule has 1 aliphatic rings. The minimum Gasteiger partial charge on any atom is -0.497 e. The van der Waals surface area contributed by atoms with E-state index < -0.39 is 18.2 Å². The molecule has 1 heterocycles. The SMILES string of the molecule is C=CCO[C@H]1C(=O)N(c2ccc(OC)cc2)[C@H]1[C@H](O)CC(=C)c1ccccc1. The molecule has 0 aliphatic carbocycles. The fourth-order valence-corrected chi connectivity index (χ4v) is 3.41. The molecule has 5 heteroatoms. The minimum absolute atomic E-state index is 0.179. The number of anilines is 1. The summed E-state index contributed by atoms with van der Waals surface area (Å²) in [7, 11) is 1.59. The van der Waals surface area contributed by atoms with Crippen LogP contribution in [0.2, 0.25) is 0 Å². The summed E-state index contributed by atoms with van der Waals surface area (Å²) >= 11 is 0. The van der Waals surface area contributed by atoms with Crippen molar-refractivity contribution in [1.82, 2.24) is 0 Å². The van der Waals surface area contributed by atoms with Gasteiger partial charge in [-0.15, -0.1) is 6.58 Å². The van der Waals surface area contributed by atoms with Crippen molar-refractivity contribution in [3.8, 4) is 5.75 Å². The van der Waals surface area contributed by atoms with Crippen LogP contribution in [0.1, 0.15) is 12.0 Å². The van der Waals surface area contributed by atoms with E-state index in [1.807, 2.05) is 30.3 Å². The van der Waals surface area contributed by atoms with Crippen LogP contribution in [0.25, 0.3) is 5.57 Å². The molecule has 1 N–H and O–H groups in total. The highest BCUT2D eigenvalue weighted by Crippen LogP contribution is 2.35. The van der Waals surface area contributed by atoms with Crippen LogP contribution >= 0.6 is 0 Å². The zero-order chi connectivity index (χ0) is 20.1. The number of amides is 1. The van der Waals surface area contributed by atoms with Crippen molar-refractivity contribution in [2.75, 3.05) is 18.6 Å². The number of rotatable bonds is 9. The van der Waals surface area contributed by atoms with E-state index in [2.05, 4.69) is 13.2 Å². The molecule has 5 nitrogen and oxygen atoms in total. The number of hydrogen-bond acceptors (Lipinski definition) is 4. The van der Waals surface area contributed by atoms with Crippen molar-refractivity contribution in [1.29, 1.82) is 0 Å². The summed E-state index contributed by atoms with van der Waals surface area (Å²) < 4.78 is 10.8. The molecule has 1 saturated heterocycles. The Hall–Kier alpha value is -2.89. The first-order valence-electron chi connectivity index (χ1n) is 9.17. The van der Waals surface area contributed by atoms with Gasteiger partial charge in [-0.2, -0.15) is 0 Å². The molecule has 0 unspecified atom stereocenters. The first-order chi connectivity index (χ1) is 13.6. The Balaban J connectivity index is 1.80. The number of ether oxygens (including phenoxy) is 2. The first-order valence-corrected chi connectivity index (χ1v) is 9.17. The third kappa shape index (κ3) is 4.01. The number of methoxy groups -OCH3 is 1. The third-order valence-electron chi connectivity index (χ3n) is 4.87. The molecule has 0 radical (unpaired) electrons. The molecule has 0 aromatic heterocycles. The maximum atomic E-state index is 12.7. The van der Waals surface area contributed by atoms with Gasteiger partial charge >= 0.3 is 0 Å². The largest absolute Gasteiger partial charge is 0.497 e. The molecule has 0 saturated carbocycles. The normalized spacial score (nSPS) is 19.6. The Morgan fingerprint density at radius 2 is 1.89 bits per heavy atom. The van der Waals surface area contributed by atoms with Gasteiger partial charge in [0.1, 0.15) is 5.75 Å². The average Bonchev–Trinajstić information content (AvgIpc) is 2.73. The lowest BCUT2D eigenvalue weighted by Crippen LogP contribution is -2.70. The van der Waals surface area contributed by atoms with Crippen molar-refractivity contribution in [2.45, 2.75) is 24.7 Å². The fourth-order valence-electron chi connectivity index (χ4n) is 3.41. The van der Waals surface area contributed by atoms with Crippen LogP contribution in [-0.4, -0.2) is 43.0 Å². The molecule has 2 aromatic carbocycles. The molecule has 2 aromatic rings. The quantitative estimate of drug-likeness (QED) is 0.536. The van der Waals surface area contributed by atoms with Crippen molar-refractivity contribution < 1.29 is 19.4 Å². The van der Waals surface area contributed by atoms with Gasteiger partial charge in [0, 0.05) is 12.1 Å². The van der Waals surface area contributed by atoms with Crippen LogP contribution in [0.4, 0.5) is 5.69 Å². The lowest BCUT2D eigenvalue weighted by Gasteiger charge is -2.48. The summed E-state index contributed by atoms with van der Waals surface area (Å²) in [5, 5.41) is 10.9. The zero-order valence-corrected chi connectivity index (χ0v) is 16.0. The second kappa shape index (κ2) is 8.87. The summed E-state index contributed by atoms with van der Waals surface area (Å²) in [5.74, 6) is 0.520. The summed E-state index contributed by atoms with van der Waals surface area (Å²) in [6, 6.07) is 16.4. The summed E-state index contributed by atoms with van der Waals surface area (Å²) in [6.45, 7) is 7.97. The molecule has 146 valence electrons. The summed E-state index contributed by atoms with van der Waals surface area (Å²) in [6.07, 6.45) is 0.402.